The number of hydrogen-bond donors (Lipinski definition) is 1. The molecular weight excluding hydrogens is 250 g/mol. The summed E-state index contributed by atoms with van der Waals surface area (Å²) in [7, 11) is 0. The van der Waals surface area contributed by atoms with Crippen LogP contribution in [0.4, 0.5) is 5.69 Å². The van der Waals surface area contributed by atoms with Gasteiger partial charge in [0.25, 0.3) is 5.69 Å². The fourth-order valence-corrected chi connectivity index (χ4v) is 1.65. The molecular formula is C12H13N3O4. The van der Waals surface area contributed by atoms with Crippen molar-refractivity contribution in [3.63, 3.8) is 0 Å². The van der Waals surface area contributed by atoms with E-state index in [1.165, 1.54) is 12.1 Å². The average Bonchev–Trinajstić information content (AvgIpc) is 2.37. The van der Waals surface area contributed by atoms with Crippen LogP contribution in [0.25, 0.3) is 0 Å². The number of rotatable bonds is 5. The average molecular weight is 263 g/mol. The summed E-state index contributed by atoms with van der Waals surface area (Å²) in [5.41, 5.74) is 5.73. The van der Waals surface area contributed by atoms with Crippen LogP contribution in [0.3, 0.4) is 0 Å². The minimum absolute atomic E-state index is 0.0857. The van der Waals surface area contributed by atoms with E-state index >= 15 is 0 Å². The van der Waals surface area contributed by atoms with Crippen LogP contribution in [0.5, 0.6) is 0 Å². The quantitative estimate of drug-likeness (QED) is 0.481. The first kappa shape index (κ1) is 14.6. The molecule has 0 aliphatic carbocycles. The molecule has 1 aromatic carbocycles. The molecule has 0 saturated carbocycles. The topological polar surface area (TPSA) is 119 Å². The van der Waals surface area contributed by atoms with Crippen LogP contribution in [0.2, 0.25) is 0 Å². The number of nitrogens with zero attached hydrogens (tertiary/aromatic N) is 2. The monoisotopic (exact) mass is 263 g/mol. The van der Waals surface area contributed by atoms with Crippen molar-refractivity contribution in [2.75, 3.05) is 6.61 Å². The summed E-state index contributed by atoms with van der Waals surface area (Å²) in [5, 5.41) is 19.9. The Bertz CT molecular complexity index is 549. The molecule has 2 N–H and O–H groups in total. The van der Waals surface area contributed by atoms with Gasteiger partial charge in [0.05, 0.1) is 18.0 Å². The number of carbonyl (C=O) groups excluding carboxylic acids is 1. The number of benzene rings is 1. The van der Waals surface area contributed by atoms with Crippen LogP contribution in [0.1, 0.15) is 23.6 Å². The Balaban J connectivity index is 3.28. The third-order valence-electron chi connectivity index (χ3n) is 2.44. The van der Waals surface area contributed by atoms with Gasteiger partial charge in [0, 0.05) is 12.6 Å². The summed E-state index contributed by atoms with van der Waals surface area (Å²) in [4.78, 5) is 21.7. The van der Waals surface area contributed by atoms with E-state index in [9.17, 15) is 14.9 Å². The molecule has 1 rings (SSSR count). The highest BCUT2D eigenvalue weighted by atomic mass is 16.6. The van der Waals surface area contributed by atoms with E-state index < -0.39 is 10.9 Å². The van der Waals surface area contributed by atoms with Crippen LogP contribution in [0.15, 0.2) is 12.1 Å². The molecule has 0 radical (unpaired) electrons. The zero-order valence-electron chi connectivity index (χ0n) is 10.4. The molecule has 0 atom stereocenters. The van der Waals surface area contributed by atoms with Gasteiger partial charge in [0.1, 0.15) is 11.6 Å². The Morgan fingerprint density at radius 2 is 2.26 bits per heavy atom. The molecule has 7 nitrogen and oxygen atoms in total. The number of nitriles is 1. The molecule has 0 bridgehead atoms. The predicted molar refractivity (Wildman–Crippen MR) is 66.0 cm³/mol. The fraction of sp³-hybridized carbons (Fsp3) is 0.333. The number of hydrogen-bond acceptors (Lipinski definition) is 6. The Kier molecular flexibility index (Phi) is 4.97. The summed E-state index contributed by atoms with van der Waals surface area (Å²) in [6.07, 6.45) is -0.189. The second kappa shape index (κ2) is 6.47. The zero-order chi connectivity index (χ0) is 14.4. The minimum Gasteiger partial charge on any atom is -0.466 e. The van der Waals surface area contributed by atoms with E-state index in [0.717, 1.165) is 0 Å². The Labute approximate surface area is 109 Å². The lowest BCUT2D eigenvalue weighted by Gasteiger charge is -2.07. The van der Waals surface area contributed by atoms with Crippen molar-refractivity contribution in [3.8, 4) is 6.07 Å². The summed E-state index contributed by atoms with van der Waals surface area (Å²) in [5.74, 6) is -0.539. The molecule has 0 spiro atoms. The van der Waals surface area contributed by atoms with Crippen LogP contribution in [-0.2, 0) is 22.5 Å². The van der Waals surface area contributed by atoms with Gasteiger partial charge in [-0.1, -0.05) is 6.07 Å². The molecule has 100 valence electrons. The van der Waals surface area contributed by atoms with Crippen LogP contribution >= 0.6 is 0 Å². The van der Waals surface area contributed by atoms with E-state index in [2.05, 4.69) is 0 Å². The van der Waals surface area contributed by atoms with Gasteiger partial charge in [-0.05, 0) is 18.1 Å². The van der Waals surface area contributed by atoms with Gasteiger partial charge in [-0.3, -0.25) is 14.9 Å². The molecule has 0 fully saturated rings. The van der Waals surface area contributed by atoms with Crippen LogP contribution in [-0.4, -0.2) is 17.5 Å². The number of nitrogens with two attached hydrogens (primary N) is 1. The summed E-state index contributed by atoms with van der Waals surface area (Å²) >= 11 is 0. The van der Waals surface area contributed by atoms with Gasteiger partial charge in [0.2, 0.25) is 0 Å². The zero-order valence-corrected chi connectivity index (χ0v) is 10.4. The van der Waals surface area contributed by atoms with Crippen molar-refractivity contribution in [2.45, 2.75) is 19.9 Å². The van der Waals surface area contributed by atoms with Gasteiger partial charge in [-0.2, -0.15) is 5.26 Å². The second-order valence-electron chi connectivity index (χ2n) is 3.70. The molecule has 0 amide bonds. The molecule has 0 aliphatic rings. The molecule has 0 heterocycles. The first-order chi connectivity index (χ1) is 9.03. The molecule has 19 heavy (non-hydrogen) atoms. The maximum Gasteiger partial charge on any atom is 0.310 e. The lowest BCUT2D eigenvalue weighted by Crippen LogP contribution is -2.11. The first-order valence-electron chi connectivity index (χ1n) is 5.59. The lowest BCUT2D eigenvalue weighted by atomic mass is 10.00. The van der Waals surface area contributed by atoms with Gasteiger partial charge in [-0.25, -0.2) is 0 Å². The highest BCUT2D eigenvalue weighted by Gasteiger charge is 2.21. The Morgan fingerprint density at radius 3 is 2.74 bits per heavy atom. The summed E-state index contributed by atoms with van der Waals surface area (Å²) in [6, 6.07) is 4.51. The SMILES string of the molecule is CCOC(=O)Cc1cc(CN)cc([N+](=O)[O-])c1C#N. The van der Waals surface area contributed by atoms with Crippen molar-refractivity contribution in [3.05, 3.63) is 38.9 Å². The molecule has 7 heteroatoms. The Hall–Kier alpha value is -2.46. The molecule has 0 saturated heterocycles. The van der Waals surface area contributed by atoms with Gasteiger partial charge >= 0.3 is 5.97 Å². The number of esters is 1. The third kappa shape index (κ3) is 3.50. The van der Waals surface area contributed by atoms with E-state index in [4.69, 9.17) is 15.7 Å². The van der Waals surface area contributed by atoms with Crippen molar-refractivity contribution < 1.29 is 14.5 Å². The summed E-state index contributed by atoms with van der Waals surface area (Å²) in [6.45, 7) is 1.95. The highest BCUT2D eigenvalue weighted by Crippen LogP contribution is 2.24. The van der Waals surface area contributed by atoms with Crippen LogP contribution in [0, 0.1) is 21.4 Å². The summed E-state index contributed by atoms with van der Waals surface area (Å²) < 4.78 is 4.77. The number of nitro benzene ring substituents is 1. The van der Waals surface area contributed by atoms with Crippen LogP contribution < -0.4 is 5.73 Å². The van der Waals surface area contributed by atoms with Crippen molar-refractivity contribution in [1.29, 1.82) is 5.26 Å². The Morgan fingerprint density at radius 1 is 1.58 bits per heavy atom. The highest BCUT2D eigenvalue weighted by molar-refractivity contribution is 5.75. The normalized spacial score (nSPS) is 9.74. The minimum atomic E-state index is -0.660. The number of nitro groups is 1. The number of carbonyl (C=O) groups is 1. The van der Waals surface area contributed by atoms with E-state index in [0.29, 0.717) is 5.56 Å². The van der Waals surface area contributed by atoms with Crippen molar-refractivity contribution >= 4 is 11.7 Å². The van der Waals surface area contributed by atoms with Crippen molar-refractivity contribution in [1.82, 2.24) is 0 Å². The van der Waals surface area contributed by atoms with E-state index in [1.807, 2.05) is 0 Å². The molecule has 0 unspecified atom stereocenters. The largest absolute Gasteiger partial charge is 0.466 e. The maximum absolute atomic E-state index is 11.4. The third-order valence-corrected chi connectivity index (χ3v) is 2.44. The second-order valence-corrected chi connectivity index (χ2v) is 3.70. The predicted octanol–water partition coefficient (Wildman–Crippen LogP) is 1.03. The van der Waals surface area contributed by atoms with Gasteiger partial charge in [0.15, 0.2) is 0 Å². The lowest BCUT2D eigenvalue weighted by molar-refractivity contribution is -0.385. The fourth-order valence-electron chi connectivity index (χ4n) is 1.65. The first-order valence-corrected chi connectivity index (χ1v) is 5.59. The standard InChI is InChI=1S/C12H13N3O4/c1-2-19-12(16)5-9-3-8(6-13)4-11(15(17)18)10(9)7-14/h3-4H,2,5-6,13H2,1H3. The molecule has 0 aromatic heterocycles. The number of ether oxygens (including phenoxy) is 1. The van der Waals surface area contributed by atoms with E-state index in [1.54, 1.807) is 13.0 Å². The molecule has 1 aromatic rings. The molecule has 0 aliphatic heterocycles. The van der Waals surface area contributed by atoms with Gasteiger partial charge < -0.3 is 10.5 Å². The van der Waals surface area contributed by atoms with E-state index in [-0.39, 0.29) is 36.4 Å². The maximum atomic E-state index is 11.4. The van der Waals surface area contributed by atoms with Gasteiger partial charge in [-0.15, -0.1) is 0 Å². The van der Waals surface area contributed by atoms with Crippen molar-refractivity contribution in [2.24, 2.45) is 5.73 Å². The smallest absolute Gasteiger partial charge is 0.310 e.